The second kappa shape index (κ2) is 11.2. The Balaban J connectivity index is 1.98. The second-order valence-corrected chi connectivity index (χ2v) is 6.44. The average molecular weight is 417 g/mol. The first-order valence-electron chi connectivity index (χ1n) is 9.11. The molecule has 0 saturated heterocycles. The molecule has 6 N–H and O–H groups in total. The lowest BCUT2D eigenvalue weighted by Crippen LogP contribution is -2.52. The lowest BCUT2D eigenvalue weighted by molar-refractivity contribution is -0.142. The van der Waals surface area contributed by atoms with E-state index in [4.69, 9.17) is 10.5 Å². The van der Waals surface area contributed by atoms with Gasteiger partial charge in [-0.15, -0.1) is 0 Å². The molecule has 1 aromatic heterocycles. The number of hydrogen-bond acceptors (Lipinski definition) is 6. The highest BCUT2D eigenvalue weighted by Crippen LogP contribution is 2.05. The van der Waals surface area contributed by atoms with E-state index in [0.717, 1.165) is 5.56 Å². The molecular weight excluding hydrogens is 394 g/mol. The summed E-state index contributed by atoms with van der Waals surface area (Å²) in [4.78, 5) is 53.8. The predicted octanol–water partition coefficient (Wildman–Crippen LogP) is 0.0821. The van der Waals surface area contributed by atoms with Crippen molar-refractivity contribution < 1.29 is 29.0 Å². The Kier molecular flexibility index (Phi) is 8.36. The maximum Gasteiger partial charge on any atom is 0.408 e. The van der Waals surface area contributed by atoms with Gasteiger partial charge in [-0.3, -0.25) is 9.59 Å². The van der Waals surface area contributed by atoms with Crippen LogP contribution in [0.5, 0.6) is 0 Å². The molecule has 11 heteroatoms. The standard InChI is InChI=1S/C19H23N5O6/c20-16(25)7-6-14(24-19(29)30-10-12-4-2-1-3-5-12)17(26)23-15(18(27)28)8-13-9-21-11-22-13/h1-5,9,11,14-15H,6-8,10H2,(H2,20,25)(H,21,22)(H,23,26)(H,24,29)(H,27,28)/t14-,15-/m0/s1. The lowest BCUT2D eigenvalue weighted by atomic mass is 10.1. The topological polar surface area (TPSA) is 176 Å². The van der Waals surface area contributed by atoms with E-state index in [2.05, 4.69) is 20.6 Å². The van der Waals surface area contributed by atoms with E-state index < -0.39 is 36.0 Å². The minimum absolute atomic E-state index is 0.0194. The van der Waals surface area contributed by atoms with Crippen LogP contribution in [0.1, 0.15) is 24.1 Å². The number of rotatable bonds is 11. The number of primary amides is 1. The van der Waals surface area contributed by atoms with Gasteiger partial charge in [-0.25, -0.2) is 14.6 Å². The number of imidazole rings is 1. The predicted molar refractivity (Wildman–Crippen MR) is 104 cm³/mol. The van der Waals surface area contributed by atoms with Gasteiger partial charge in [0.05, 0.1) is 6.33 Å². The zero-order chi connectivity index (χ0) is 21.9. The van der Waals surface area contributed by atoms with Crippen LogP contribution >= 0.6 is 0 Å². The SMILES string of the molecule is NC(=O)CC[C@H](NC(=O)OCc1ccccc1)C(=O)N[C@@H](Cc1cnc[nH]1)C(=O)O. The molecule has 0 fully saturated rings. The molecule has 0 bridgehead atoms. The highest BCUT2D eigenvalue weighted by Gasteiger charge is 2.27. The fourth-order valence-corrected chi connectivity index (χ4v) is 2.55. The van der Waals surface area contributed by atoms with Crippen LogP contribution in [0.25, 0.3) is 0 Å². The van der Waals surface area contributed by atoms with Gasteiger partial charge in [-0.2, -0.15) is 0 Å². The molecule has 30 heavy (non-hydrogen) atoms. The second-order valence-electron chi connectivity index (χ2n) is 6.44. The number of aromatic amines is 1. The van der Waals surface area contributed by atoms with Crippen molar-refractivity contribution in [1.82, 2.24) is 20.6 Å². The van der Waals surface area contributed by atoms with Crippen molar-refractivity contribution in [2.75, 3.05) is 0 Å². The number of carbonyl (C=O) groups excluding carboxylic acids is 3. The maximum atomic E-state index is 12.6. The number of hydrogen-bond donors (Lipinski definition) is 5. The third-order valence-electron chi connectivity index (χ3n) is 4.09. The highest BCUT2D eigenvalue weighted by atomic mass is 16.5. The molecule has 0 aliphatic heterocycles. The molecule has 0 saturated carbocycles. The first kappa shape index (κ1) is 22.4. The monoisotopic (exact) mass is 417 g/mol. The number of aromatic nitrogens is 2. The van der Waals surface area contributed by atoms with Gasteiger partial charge < -0.3 is 31.2 Å². The van der Waals surface area contributed by atoms with Gasteiger partial charge in [0, 0.05) is 24.7 Å². The molecule has 2 rings (SSSR count). The number of ether oxygens (including phenoxy) is 1. The summed E-state index contributed by atoms with van der Waals surface area (Å²) in [6.07, 6.45) is 1.60. The Bertz CT molecular complexity index is 856. The van der Waals surface area contributed by atoms with Crippen molar-refractivity contribution in [3.8, 4) is 0 Å². The van der Waals surface area contributed by atoms with Crippen molar-refractivity contribution in [2.45, 2.75) is 38.0 Å². The van der Waals surface area contributed by atoms with E-state index in [1.807, 2.05) is 6.07 Å². The molecule has 11 nitrogen and oxygen atoms in total. The third-order valence-corrected chi connectivity index (χ3v) is 4.09. The minimum atomic E-state index is -1.27. The molecule has 1 aromatic carbocycles. The van der Waals surface area contributed by atoms with E-state index in [9.17, 15) is 24.3 Å². The number of H-pyrrole nitrogens is 1. The third kappa shape index (κ3) is 7.62. The van der Waals surface area contributed by atoms with Gasteiger partial charge in [0.25, 0.3) is 0 Å². The number of alkyl carbamates (subject to hydrolysis) is 1. The normalized spacial score (nSPS) is 12.4. The zero-order valence-electron chi connectivity index (χ0n) is 16.0. The largest absolute Gasteiger partial charge is 0.480 e. The fraction of sp³-hybridized carbons (Fsp3) is 0.316. The smallest absolute Gasteiger partial charge is 0.408 e. The maximum absolute atomic E-state index is 12.6. The van der Waals surface area contributed by atoms with E-state index in [1.54, 1.807) is 24.3 Å². The van der Waals surface area contributed by atoms with Crippen molar-refractivity contribution in [3.63, 3.8) is 0 Å². The zero-order valence-corrected chi connectivity index (χ0v) is 16.0. The number of nitrogens with zero attached hydrogens (tertiary/aromatic N) is 1. The number of aliphatic carboxylic acids is 1. The number of nitrogens with one attached hydrogen (secondary N) is 3. The Morgan fingerprint density at radius 1 is 1.13 bits per heavy atom. The van der Waals surface area contributed by atoms with Crippen LogP contribution in [0.15, 0.2) is 42.9 Å². The Hall–Kier alpha value is -3.89. The summed E-state index contributed by atoms with van der Waals surface area (Å²) in [6.45, 7) is -0.0194. The quantitative estimate of drug-likeness (QED) is 0.344. The van der Waals surface area contributed by atoms with Crippen LogP contribution in [-0.2, 0) is 32.1 Å². The number of carboxylic acids is 1. The summed E-state index contributed by atoms with van der Waals surface area (Å²) in [5.41, 5.74) is 6.38. The van der Waals surface area contributed by atoms with Gasteiger partial charge in [0.1, 0.15) is 18.7 Å². The Morgan fingerprint density at radius 3 is 2.47 bits per heavy atom. The number of nitrogens with two attached hydrogens (primary N) is 1. The van der Waals surface area contributed by atoms with Crippen LogP contribution < -0.4 is 16.4 Å². The molecule has 160 valence electrons. The Labute approximate surface area is 172 Å². The van der Waals surface area contributed by atoms with Gasteiger partial charge in [0.2, 0.25) is 11.8 Å². The minimum Gasteiger partial charge on any atom is -0.480 e. The molecule has 0 aliphatic carbocycles. The molecule has 0 radical (unpaired) electrons. The van der Waals surface area contributed by atoms with Gasteiger partial charge in [-0.05, 0) is 12.0 Å². The van der Waals surface area contributed by atoms with Crippen molar-refractivity contribution in [1.29, 1.82) is 0 Å². The van der Waals surface area contributed by atoms with Gasteiger partial charge in [-0.1, -0.05) is 30.3 Å². The first-order chi connectivity index (χ1) is 14.3. The summed E-state index contributed by atoms with van der Waals surface area (Å²) in [6, 6.07) is 6.43. The van der Waals surface area contributed by atoms with Crippen LogP contribution in [0.3, 0.4) is 0 Å². The van der Waals surface area contributed by atoms with E-state index in [0.29, 0.717) is 5.69 Å². The number of amides is 3. The summed E-state index contributed by atoms with van der Waals surface area (Å²) < 4.78 is 5.08. The van der Waals surface area contributed by atoms with Crippen molar-refractivity contribution in [2.24, 2.45) is 5.73 Å². The molecule has 1 heterocycles. The average Bonchev–Trinajstić information content (AvgIpc) is 3.22. The molecule has 3 amide bonds. The van der Waals surface area contributed by atoms with Crippen LogP contribution in [0.2, 0.25) is 0 Å². The molecular formula is C19H23N5O6. The summed E-state index contributed by atoms with van der Waals surface area (Å²) in [7, 11) is 0. The first-order valence-corrected chi connectivity index (χ1v) is 9.11. The van der Waals surface area contributed by atoms with Crippen LogP contribution in [-0.4, -0.2) is 51.0 Å². The molecule has 0 unspecified atom stereocenters. The number of carboxylic acid groups (broad SMARTS) is 1. The lowest BCUT2D eigenvalue weighted by Gasteiger charge is -2.21. The number of benzene rings is 1. The van der Waals surface area contributed by atoms with E-state index >= 15 is 0 Å². The van der Waals surface area contributed by atoms with Crippen molar-refractivity contribution in [3.05, 3.63) is 54.1 Å². The Morgan fingerprint density at radius 2 is 1.87 bits per heavy atom. The highest BCUT2D eigenvalue weighted by molar-refractivity contribution is 5.89. The van der Waals surface area contributed by atoms with E-state index in [1.165, 1.54) is 12.5 Å². The summed E-state index contributed by atoms with van der Waals surface area (Å²) >= 11 is 0. The van der Waals surface area contributed by atoms with Crippen LogP contribution in [0, 0.1) is 0 Å². The van der Waals surface area contributed by atoms with Crippen molar-refractivity contribution >= 4 is 23.9 Å². The fourth-order valence-electron chi connectivity index (χ4n) is 2.55. The van der Waals surface area contributed by atoms with Crippen LogP contribution in [0.4, 0.5) is 4.79 Å². The summed E-state index contributed by atoms with van der Waals surface area (Å²) in [5, 5.41) is 14.1. The van der Waals surface area contributed by atoms with E-state index in [-0.39, 0.29) is 25.9 Å². The summed E-state index contributed by atoms with van der Waals surface area (Å²) in [5.74, 6) is -2.71. The molecule has 2 aromatic rings. The molecule has 0 aliphatic rings. The van der Waals surface area contributed by atoms with Gasteiger partial charge in [0.15, 0.2) is 0 Å². The van der Waals surface area contributed by atoms with Gasteiger partial charge >= 0.3 is 12.1 Å². The molecule has 2 atom stereocenters. The molecule has 0 spiro atoms. The number of carbonyl (C=O) groups is 4.